The summed E-state index contributed by atoms with van der Waals surface area (Å²) in [5.41, 5.74) is 0.678. The van der Waals surface area contributed by atoms with Gasteiger partial charge in [-0.2, -0.15) is 4.39 Å². The second-order valence-electron chi connectivity index (χ2n) is 5.89. The molecule has 0 saturated heterocycles. The first-order chi connectivity index (χ1) is 13.9. The Balaban J connectivity index is 0.00000145. The number of anilines is 2. The van der Waals surface area contributed by atoms with Crippen LogP contribution in [0.1, 0.15) is 10.4 Å². The molecule has 3 rings (SSSR count). The molecule has 0 bridgehead atoms. The molecule has 0 atom stereocenters. The smallest absolute Gasteiger partial charge is 0.340 e. The Kier molecular flexibility index (Phi) is 8.37. The first kappa shape index (κ1) is 23.5. The van der Waals surface area contributed by atoms with Gasteiger partial charge in [-0.05, 0) is 45.7 Å². The fraction of sp³-hybridized carbons (Fsp3) is 0.200. The molecule has 0 aliphatic carbocycles. The number of aryl methyl sites for hydroxylation is 1. The molecule has 0 saturated carbocycles. The van der Waals surface area contributed by atoms with Gasteiger partial charge in [0.15, 0.2) is 11.3 Å². The van der Waals surface area contributed by atoms with Crippen molar-refractivity contribution in [3.05, 3.63) is 64.0 Å². The standard InChI is InChI=1S/C19H16F2IN3O2.CH3I/c1-4-7-25-10-24(2)15-9-12(19(26)27-3)17(16(21)18(15)25)23-14-6-5-11(22)8-13(14)20;1-2/h4-6,8-10H,1,7H2,2-3H3;1H3/p+1. The summed E-state index contributed by atoms with van der Waals surface area (Å²) in [6.45, 7) is 4.06. The number of methoxy groups -OCH3 is 1. The SMILES string of the molecule is C=CCn1c[n+](C)c2cc(C(=O)OC)c(Nc3ccc(I)cc3F)c(F)c21.CI. The van der Waals surface area contributed by atoms with Gasteiger partial charge in [-0.25, -0.2) is 18.3 Å². The summed E-state index contributed by atoms with van der Waals surface area (Å²) >= 11 is 4.13. The minimum Gasteiger partial charge on any atom is -0.465 e. The van der Waals surface area contributed by atoms with Gasteiger partial charge in [0, 0.05) is 9.64 Å². The summed E-state index contributed by atoms with van der Waals surface area (Å²) < 4.78 is 38.6. The van der Waals surface area contributed by atoms with E-state index in [2.05, 4.69) is 34.5 Å². The maximum atomic E-state index is 15.5. The molecule has 5 nitrogen and oxygen atoms in total. The third-order valence-electron chi connectivity index (χ3n) is 4.12. The quantitative estimate of drug-likeness (QED) is 0.141. The van der Waals surface area contributed by atoms with Crippen LogP contribution in [-0.4, -0.2) is 22.6 Å². The van der Waals surface area contributed by atoms with Crippen LogP contribution >= 0.6 is 45.2 Å². The molecule has 1 aromatic heterocycles. The van der Waals surface area contributed by atoms with E-state index in [9.17, 15) is 9.18 Å². The highest BCUT2D eigenvalue weighted by Crippen LogP contribution is 2.32. The largest absolute Gasteiger partial charge is 0.465 e. The molecule has 1 N–H and O–H groups in total. The Labute approximate surface area is 195 Å². The minimum absolute atomic E-state index is 0.0209. The van der Waals surface area contributed by atoms with Gasteiger partial charge in [0.1, 0.15) is 12.4 Å². The molecule has 0 radical (unpaired) electrons. The predicted octanol–water partition coefficient (Wildman–Crippen LogP) is 5.12. The van der Waals surface area contributed by atoms with Crippen molar-refractivity contribution in [3.8, 4) is 0 Å². The molecule has 0 spiro atoms. The third-order valence-corrected chi connectivity index (χ3v) is 4.79. The maximum absolute atomic E-state index is 15.5. The van der Waals surface area contributed by atoms with Gasteiger partial charge < -0.3 is 10.1 Å². The number of benzene rings is 2. The molecule has 9 heteroatoms. The third kappa shape index (κ3) is 4.87. The van der Waals surface area contributed by atoms with E-state index in [0.29, 0.717) is 15.6 Å². The van der Waals surface area contributed by atoms with Crippen LogP contribution < -0.4 is 9.88 Å². The molecule has 3 aromatic rings. The lowest BCUT2D eigenvalue weighted by Crippen LogP contribution is -2.26. The van der Waals surface area contributed by atoms with E-state index in [-0.39, 0.29) is 22.5 Å². The minimum atomic E-state index is -0.722. The topological polar surface area (TPSA) is 47.1 Å². The van der Waals surface area contributed by atoms with Gasteiger partial charge in [0.05, 0.1) is 31.1 Å². The fourth-order valence-corrected chi connectivity index (χ4v) is 3.35. The van der Waals surface area contributed by atoms with E-state index < -0.39 is 17.6 Å². The first-order valence-corrected chi connectivity index (χ1v) is 11.6. The Morgan fingerprint density at radius 1 is 1.34 bits per heavy atom. The number of halogens is 4. The van der Waals surface area contributed by atoms with Crippen LogP contribution in [0, 0.1) is 15.2 Å². The van der Waals surface area contributed by atoms with Crippen LogP contribution in [0.2, 0.25) is 0 Å². The van der Waals surface area contributed by atoms with E-state index in [1.807, 2.05) is 27.5 Å². The maximum Gasteiger partial charge on any atom is 0.340 e. The number of aromatic nitrogens is 2. The Morgan fingerprint density at radius 2 is 2.03 bits per heavy atom. The van der Waals surface area contributed by atoms with Crippen LogP contribution in [-0.2, 0) is 18.3 Å². The second-order valence-corrected chi connectivity index (χ2v) is 7.13. The highest BCUT2D eigenvalue weighted by Gasteiger charge is 2.27. The number of rotatable bonds is 5. The Bertz CT molecular complexity index is 1070. The van der Waals surface area contributed by atoms with Gasteiger partial charge in [-0.1, -0.05) is 35.2 Å². The number of esters is 1. The lowest BCUT2D eigenvalue weighted by Gasteiger charge is -2.13. The number of nitrogens with zero attached hydrogens (tertiary/aromatic N) is 2. The number of nitrogens with one attached hydrogen (secondary N) is 1. The molecular weight excluding hydrogens is 606 g/mol. The summed E-state index contributed by atoms with van der Waals surface area (Å²) in [7, 11) is 2.96. The number of fused-ring (bicyclic) bond motifs is 1. The van der Waals surface area contributed by atoms with Crippen LogP contribution in [0.4, 0.5) is 20.2 Å². The molecule has 0 fully saturated rings. The van der Waals surface area contributed by atoms with Gasteiger partial charge in [0.2, 0.25) is 11.8 Å². The van der Waals surface area contributed by atoms with Crippen molar-refractivity contribution >= 4 is 73.6 Å². The summed E-state index contributed by atoms with van der Waals surface area (Å²) in [5.74, 6) is -1.95. The summed E-state index contributed by atoms with van der Waals surface area (Å²) in [6, 6.07) is 6.01. The normalized spacial score (nSPS) is 10.3. The van der Waals surface area contributed by atoms with Gasteiger partial charge in [-0.15, -0.1) is 0 Å². The van der Waals surface area contributed by atoms with Crippen molar-refractivity contribution in [3.63, 3.8) is 0 Å². The number of hydrogen-bond donors (Lipinski definition) is 1. The zero-order valence-electron chi connectivity index (χ0n) is 16.1. The van der Waals surface area contributed by atoms with Crippen molar-refractivity contribution in [1.82, 2.24) is 4.57 Å². The van der Waals surface area contributed by atoms with Crippen LogP contribution in [0.5, 0.6) is 0 Å². The molecule has 29 heavy (non-hydrogen) atoms. The van der Waals surface area contributed by atoms with Crippen molar-refractivity contribution in [2.24, 2.45) is 7.05 Å². The van der Waals surface area contributed by atoms with Crippen molar-refractivity contribution < 1.29 is 22.9 Å². The molecule has 2 aromatic carbocycles. The zero-order chi connectivity index (χ0) is 21.7. The summed E-state index contributed by atoms with van der Waals surface area (Å²) in [5, 5.41) is 2.72. The van der Waals surface area contributed by atoms with Crippen LogP contribution in [0.3, 0.4) is 0 Å². The number of carbonyl (C=O) groups excluding carboxylic acids is 1. The monoisotopic (exact) mass is 626 g/mol. The Morgan fingerprint density at radius 3 is 2.62 bits per heavy atom. The molecule has 0 unspecified atom stereocenters. The molecule has 0 amide bonds. The van der Waals surface area contributed by atoms with E-state index in [0.717, 1.165) is 0 Å². The lowest BCUT2D eigenvalue weighted by molar-refractivity contribution is -0.645. The molecule has 0 aliphatic rings. The van der Waals surface area contributed by atoms with Gasteiger partial charge in [0.25, 0.3) is 0 Å². The van der Waals surface area contributed by atoms with Gasteiger partial charge >= 0.3 is 5.97 Å². The van der Waals surface area contributed by atoms with Crippen molar-refractivity contribution in [2.45, 2.75) is 6.54 Å². The molecular formula is C20H20F2I2N3O2+. The number of alkyl halides is 1. The van der Waals surface area contributed by atoms with E-state index in [1.165, 1.54) is 25.3 Å². The number of carbonyl (C=O) groups is 1. The average molecular weight is 626 g/mol. The van der Waals surface area contributed by atoms with Gasteiger partial charge in [-0.3, -0.25) is 0 Å². The number of hydrogen-bond acceptors (Lipinski definition) is 3. The molecule has 0 aliphatic heterocycles. The Hall–Kier alpha value is -1.76. The van der Waals surface area contributed by atoms with Crippen LogP contribution in [0.15, 0.2) is 43.2 Å². The van der Waals surface area contributed by atoms with E-state index >= 15 is 4.39 Å². The highest BCUT2D eigenvalue weighted by atomic mass is 127. The highest BCUT2D eigenvalue weighted by molar-refractivity contribution is 14.1. The molecule has 154 valence electrons. The molecule has 1 heterocycles. The average Bonchev–Trinajstić information content (AvgIpc) is 3.02. The lowest BCUT2D eigenvalue weighted by atomic mass is 10.1. The first-order valence-electron chi connectivity index (χ1n) is 8.37. The van der Waals surface area contributed by atoms with Crippen LogP contribution in [0.25, 0.3) is 11.0 Å². The van der Waals surface area contributed by atoms with E-state index in [1.54, 1.807) is 34.7 Å². The zero-order valence-corrected chi connectivity index (χ0v) is 20.4. The number of allylic oxidation sites excluding steroid dienone is 1. The van der Waals surface area contributed by atoms with E-state index in [4.69, 9.17) is 4.74 Å². The second kappa shape index (κ2) is 10.3. The number of ether oxygens (including phenoxy) is 1. The van der Waals surface area contributed by atoms with Crippen molar-refractivity contribution in [2.75, 3.05) is 17.4 Å². The van der Waals surface area contributed by atoms with Crippen molar-refractivity contribution in [1.29, 1.82) is 0 Å². The summed E-state index contributed by atoms with van der Waals surface area (Å²) in [4.78, 5) is 14.2. The number of imidazole rings is 1. The predicted molar refractivity (Wildman–Crippen MR) is 127 cm³/mol. The fourth-order valence-electron chi connectivity index (χ4n) is 2.89. The summed E-state index contributed by atoms with van der Waals surface area (Å²) in [6.07, 6.45) is 3.34.